The molecule has 0 saturated heterocycles. The van der Waals surface area contributed by atoms with Gasteiger partial charge < -0.3 is 23.4 Å². The molecule has 0 bridgehead atoms. The zero-order chi connectivity index (χ0) is 22.4. The molecule has 2 aromatic carbocycles. The summed E-state index contributed by atoms with van der Waals surface area (Å²) in [5.41, 5.74) is 1.18. The highest BCUT2D eigenvalue weighted by molar-refractivity contribution is 5.81. The van der Waals surface area contributed by atoms with Crippen LogP contribution in [0.15, 0.2) is 51.7 Å². The van der Waals surface area contributed by atoms with Gasteiger partial charge in [-0.05, 0) is 49.2 Å². The molecule has 3 rings (SSSR count). The average molecular weight is 434 g/mol. The Bertz CT molecular complexity index is 1120. The van der Waals surface area contributed by atoms with Crippen molar-refractivity contribution in [2.45, 2.75) is 27.1 Å². The molecule has 7 nitrogen and oxygen atoms in total. The van der Waals surface area contributed by atoms with Crippen LogP contribution < -0.4 is 19.8 Å². The molecule has 0 atom stereocenters. The molecule has 0 aliphatic carbocycles. The predicted molar refractivity (Wildman–Crippen MR) is 107 cm³/mol. The topological polar surface area (TPSA) is 84.2 Å². The van der Waals surface area contributed by atoms with Crippen LogP contribution in [0.25, 0.3) is 11.0 Å². The zero-order valence-electron chi connectivity index (χ0n) is 16.9. The van der Waals surface area contributed by atoms with Gasteiger partial charge in [-0.25, -0.2) is 9.59 Å². The number of ether oxygens (including phenoxy) is 4. The molecule has 0 amide bonds. The van der Waals surface area contributed by atoms with Crippen LogP contribution in [0.5, 0.6) is 17.2 Å². The fourth-order valence-electron chi connectivity index (χ4n) is 2.85. The number of halogens is 2. The van der Waals surface area contributed by atoms with Gasteiger partial charge in [0.1, 0.15) is 17.9 Å². The normalized spacial score (nSPS) is 10.9. The van der Waals surface area contributed by atoms with Crippen LogP contribution >= 0.6 is 0 Å². The molecule has 0 aliphatic heterocycles. The van der Waals surface area contributed by atoms with Crippen molar-refractivity contribution < 1.29 is 36.9 Å². The smallest absolute Gasteiger partial charge is 0.387 e. The minimum atomic E-state index is -2.98. The quantitative estimate of drug-likeness (QED) is 0.368. The van der Waals surface area contributed by atoms with E-state index in [0.717, 1.165) is 10.9 Å². The van der Waals surface area contributed by atoms with E-state index in [1.54, 1.807) is 26.0 Å². The highest BCUT2D eigenvalue weighted by atomic mass is 19.3. The first-order chi connectivity index (χ1) is 14.9. The van der Waals surface area contributed by atoms with Gasteiger partial charge in [-0.3, -0.25) is 0 Å². The van der Waals surface area contributed by atoms with Crippen molar-refractivity contribution in [1.29, 1.82) is 0 Å². The van der Waals surface area contributed by atoms with Crippen LogP contribution in [0.1, 0.15) is 18.1 Å². The fraction of sp³-hybridized carbons (Fsp3) is 0.273. The lowest BCUT2D eigenvalue weighted by atomic mass is 10.1. The lowest BCUT2D eigenvalue weighted by molar-refractivity contribution is -0.147. The Labute approximate surface area is 176 Å². The summed E-state index contributed by atoms with van der Waals surface area (Å²) in [6.45, 7) is 0.292. The van der Waals surface area contributed by atoms with Gasteiger partial charge >= 0.3 is 18.2 Å². The number of hydrogen-bond donors (Lipinski definition) is 0. The van der Waals surface area contributed by atoms with Gasteiger partial charge in [-0.1, -0.05) is 6.07 Å². The summed E-state index contributed by atoms with van der Waals surface area (Å²) in [6, 6.07) is 10.6. The molecule has 31 heavy (non-hydrogen) atoms. The number of esters is 1. The lowest BCUT2D eigenvalue weighted by Gasteiger charge is -2.13. The molecule has 9 heteroatoms. The number of benzene rings is 2. The predicted octanol–water partition coefficient (Wildman–Crippen LogP) is 4.22. The first kappa shape index (κ1) is 22.1. The minimum Gasteiger partial charge on any atom is -0.490 e. The third-order valence-corrected chi connectivity index (χ3v) is 4.20. The first-order valence-electron chi connectivity index (χ1n) is 9.39. The molecular weight excluding hydrogens is 414 g/mol. The van der Waals surface area contributed by atoms with Gasteiger partial charge in [0.25, 0.3) is 0 Å². The SMILES string of the molecule is CCOc1cc(COC(=O)COc2ccc3c(C)cc(=O)oc3c2)ccc1OC(F)F. The van der Waals surface area contributed by atoms with E-state index in [0.29, 0.717) is 16.9 Å². The maximum atomic E-state index is 12.5. The molecular formula is C22H20F2O7. The monoisotopic (exact) mass is 434 g/mol. The largest absolute Gasteiger partial charge is 0.490 e. The summed E-state index contributed by atoms with van der Waals surface area (Å²) in [5, 5.41) is 0.763. The van der Waals surface area contributed by atoms with E-state index < -0.39 is 18.2 Å². The van der Waals surface area contributed by atoms with E-state index in [-0.39, 0.29) is 31.3 Å². The number of carbonyl (C=O) groups is 1. The summed E-state index contributed by atoms with van der Waals surface area (Å²) in [4.78, 5) is 23.5. The summed E-state index contributed by atoms with van der Waals surface area (Å²) in [5.74, 6) is -0.281. The third-order valence-electron chi connectivity index (χ3n) is 4.20. The number of aryl methyl sites for hydroxylation is 1. The van der Waals surface area contributed by atoms with Crippen molar-refractivity contribution in [3.8, 4) is 17.2 Å². The van der Waals surface area contributed by atoms with E-state index in [4.69, 9.17) is 18.6 Å². The Morgan fingerprint density at radius 1 is 1.06 bits per heavy atom. The second-order valence-electron chi connectivity index (χ2n) is 6.45. The molecule has 164 valence electrons. The van der Waals surface area contributed by atoms with Crippen LogP contribution in [-0.4, -0.2) is 25.8 Å². The van der Waals surface area contributed by atoms with Crippen molar-refractivity contribution >= 4 is 16.9 Å². The van der Waals surface area contributed by atoms with Crippen molar-refractivity contribution in [2.24, 2.45) is 0 Å². The van der Waals surface area contributed by atoms with E-state index in [9.17, 15) is 18.4 Å². The molecule has 0 saturated carbocycles. The standard InChI is InChI=1S/C22H20F2O7/c1-3-27-19-9-14(4-7-17(19)31-22(23)24)11-29-21(26)12-28-15-5-6-16-13(2)8-20(25)30-18(16)10-15/h4-10,22H,3,11-12H2,1-2H3. The van der Waals surface area contributed by atoms with Gasteiger partial charge in [0.15, 0.2) is 18.1 Å². The third kappa shape index (κ3) is 5.94. The number of hydrogen-bond acceptors (Lipinski definition) is 7. The molecule has 0 fully saturated rings. The van der Waals surface area contributed by atoms with E-state index >= 15 is 0 Å². The molecule has 0 spiro atoms. The molecule has 3 aromatic rings. The van der Waals surface area contributed by atoms with Crippen LogP contribution in [-0.2, 0) is 16.1 Å². The molecule has 0 N–H and O–H groups in total. The number of fused-ring (bicyclic) bond motifs is 1. The molecule has 0 radical (unpaired) electrons. The number of carbonyl (C=O) groups excluding carboxylic acids is 1. The number of rotatable bonds is 9. The molecule has 0 aliphatic rings. The van der Waals surface area contributed by atoms with Crippen LogP contribution in [0.4, 0.5) is 8.78 Å². The second-order valence-corrected chi connectivity index (χ2v) is 6.45. The highest BCUT2D eigenvalue weighted by Crippen LogP contribution is 2.30. The first-order valence-corrected chi connectivity index (χ1v) is 9.39. The van der Waals surface area contributed by atoms with Gasteiger partial charge in [-0.15, -0.1) is 0 Å². The molecule has 1 aromatic heterocycles. The second kappa shape index (κ2) is 9.92. The van der Waals surface area contributed by atoms with Gasteiger partial charge in [0.2, 0.25) is 0 Å². The average Bonchev–Trinajstić information content (AvgIpc) is 2.71. The number of alkyl halides is 2. The van der Waals surface area contributed by atoms with Crippen molar-refractivity contribution in [3.05, 3.63) is 64.0 Å². The molecule has 0 unspecified atom stereocenters. The van der Waals surface area contributed by atoms with Crippen LogP contribution in [0.3, 0.4) is 0 Å². The van der Waals surface area contributed by atoms with E-state index in [2.05, 4.69) is 4.74 Å². The Morgan fingerprint density at radius 3 is 2.61 bits per heavy atom. The summed E-state index contributed by atoms with van der Waals surface area (Å²) >= 11 is 0. The van der Waals surface area contributed by atoms with Gasteiger partial charge in [0.05, 0.1) is 6.61 Å². The Morgan fingerprint density at radius 2 is 1.87 bits per heavy atom. The van der Waals surface area contributed by atoms with Crippen molar-refractivity contribution in [1.82, 2.24) is 0 Å². The van der Waals surface area contributed by atoms with Crippen LogP contribution in [0, 0.1) is 6.92 Å². The maximum absolute atomic E-state index is 12.5. The molecule has 1 heterocycles. The van der Waals surface area contributed by atoms with Gasteiger partial charge in [0, 0.05) is 17.5 Å². The Kier molecular flexibility index (Phi) is 7.07. The highest BCUT2D eigenvalue weighted by Gasteiger charge is 2.13. The van der Waals surface area contributed by atoms with Crippen molar-refractivity contribution in [3.63, 3.8) is 0 Å². The summed E-state index contributed by atoms with van der Waals surface area (Å²) in [6.07, 6.45) is 0. The zero-order valence-corrected chi connectivity index (χ0v) is 16.9. The summed E-state index contributed by atoms with van der Waals surface area (Å²) < 4.78 is 50.3. The van der Waals surface area contributed by atoms with Gasteiger partial charge in [-0.2, -0.15) is 8.78 Å². The van der Waals surface area contributed by atoms with Crippen LogP contribution in [0.2, 0.25) is 0 Å². The minimum absolute atomic E-state index is 0.103. The lowest BCUT2D eigenvalue weighted by Crippen LogP contribution is -2.15. The Hall–Kier alpha value is -3.62. The van der Waals surface area contributed by atoms with E-state index in [1.165, 1.54) is 30.3 Å². The van der Waals surface area contributed by atoms with E-state index in [1.807, 2.05) is 0 Å². The van der Waals surface area contributed by atoms with Crippen molar-refractivity contribution in [2.75, 3.05) is 13.2 Å². The Balaban J connectivity index is 1.58. The maximum Gasteiger partial charge on any atom is 0.387 e. The fourth-order valence-corrected chi connectivity index (χ4v) is 2.85. The summed E-state index contributed by atoms with van der Waals surface area (Å²) in [7, 11) is 0.